The third kappa shape index (κ3) is 2.86. The first kappa shape index (κ1) is 12.6. The quantitative estimate of drug-likeness (QED) is 0.767. The lowest BCUT2D eigenvalue weighted by molar-refractivity contribution is 0.372. The molecule has 1 aromatic rings. The number of benzene rings is 1. The fourth-order valence-corrected chi connectivity index (χ4v) is 2.85. The second-order valence-corrected chi connectivity index (χ2v) is 5.26. The maximum absolute atomic E-state index is 14.0. The van der Waals surface area contributed by atoms with Gasteiger partial charge in [-0.2, -0.15) is 0 Å². The van der Waals surface area contributed by atoms with Gasteiger partial charge in [-0.1, -0.05) is 43.9 Å². The molecule has 1 aliphatic rings. The minimum atomic E-state index is -0.131. The van der Waals surface area contributed by atoms with E-state index in [1.807, 2.05) is 12.1 Å². The summed E-state index contributed by atoms with van der Waals surface area (Å²) in [6.45, 7) is 1.80. The zero-order valence-corrected chi connectivity index (χ0v) is 10.6. The molecule has 0 heterocycles. The molecule has 2 heteroatoms. The van der Waals surface area contributed by atoms with Crippen molar-refractivity contribution in [2.24, 2.45) is 11.7 Å². The SMILES string of the molecule is Cc1cccc(C(N)C2CCCCCC2)c1F. The highest BCUT2D eigenvalue weighted by atomic mass is 19.1. The molecule has 0 spiro atoms. The molecule has 1 unspecified atom stereocenters. The van der Waals surface area contributed by atoms with E-state index in [2.05, 4.69) is 0 Å². The number of hydrogen-bond acceptors (Lipinski definition) is 1. The molecule has 1 aromatic carbocycles. The Morgan fingerprint density at radius 1 is 1.18 bits per heavy atom. The van der Waals surface area contributed by atoms with Gasteiger partial charge < -0.3 is 5.73 Å². The molecule has 0 saturated heterocycles. The van der Waals surface area contributed by atoms with E-state index < -0.39 is 0 Å². The standard InChI is InChI=1S/C15H22FN/c1-11-7-6-10-13(14(11)16)15(17)12-8-4-2-3-5-9-12/h6-7,10,12,15H,2-5,8-9,17H2,1H3. The zero-order valence-electron chi connectivity index (χ0n) is 10.6. The van der Waals surface area contributed by atoms with Crippen LogP contribution in [0.3, 0.4) is 0 Å². The van der Waals surface area contributed by atoms with Gasteiger partial charge in [-0.3, -0.25) is 0 Å². The molecule has 1 fully saturated rings. The lowest BCUT2D eigenvalue weighted by atomic mass is 9.87. The first-order chi connectivity index (χ1) is 8.20. The largest absolute Gasteiger partial charge is 0.324 e. The van der Waals surface area contributed by atoms with E-state index in [-0.39, 0.29) is 11.9 Å². The third-order valence-electron chi connectivity index (χ3n) is 3.99. The summed E-state index contributed by atoms with van der Waals surface area (Å²) in [5, 5.41) is 0. The van der Waals surface area contributed by atoms with Gasteiger partial charge in [0.2, 0.25) is 0 Å². The first-order valence-corrected chi connectivity index (χ1v) is 6.70. The van der Waals surface area contributed by atoms with Crippen LogP contribution in [-0.2, 0) is 0 Å². The van der Waals surface area contributed by atoms with Crippen LogP contribution in [0.25, 0.3) is 0 Å². The van der Waals surface area contributed by atoms with E-state index >= 15 is 0 Å². The molecule has 0 aromatic heterocycles. The number of nitrogens with two attached hydrogens (primary N) is 1. The van der Waals surface area contributed by atoms with E-state index in [1.165, 1.54) is 25.7 Å². The minimum Gasteiger partial charge on any atom is -0.324 e. The average molecular weight is 235 g/mol. The summed E-state index contributed by atoms with van der Waals surface area (Å²) in [4.78, 5) is 0. The van der Waals surface area contributed by atoms with Crippen LogP contribution in [0, 0.1) is 18.7 Å². The van der Waals surface area contributed by atoms with Crippen LogP contribution in [0.15, 0.2) is 18.2 Å². The van der Waals surface area contributed by atoms with Crippen LogP contribution in [0.1, 0.15) is 55.7 Å². The summed E-state index contributed by atoms with van der Waals surface area (Å²) in [7, 11) is 0. The highest BCUT2D eigenvalue weighted by Gasteiger charge is 2.23. The van der Waals surface area contributed by atoms with Crippen molar-refractivity contribution in [2.75, 3.05) is 0 Å². The van der Waals surface area contributed by atoms with Crippen molar-refractivity contribution in [2.45, 2.75) is 51.5 Å². The zero-order chi connectivity index (χ0) is 12.3. The Morgan fingerprint density at radius 3 is 2.47 bits per heavy atom. The van der Waals surface area contributed by atoms with E-state index in [0.29, 0.717) is 17.0 Å². The van der Waals surface area contributed by atoms with Crippen molar-refractivity contribution in [3.8, 4) is 0 Å². The smallest absolute Gasteiger partial charge is 0.130 e. The molecule has 94 valence electrons. The predicted molar refractivity (Wildman–Crippen MR) is 69.3 cm³/mol. The van der Waals surface area contributed by atoms with E-state index in [9.17, 15) is 4.39 Å². The van der Waals surface area contributed by atoms with Gasteiger partial charge >= 0.3 is 0 Å². The predicted octanol–water partition coefficient (Wildman–Crippen LogP) is 4.10. The number of halogens is 1. The van der Waals surface area contributed by atoms with Gasteiger partial charge in [-0.25, -0.2) is 4.39 Å². The molecule has 1 nitrogen and oxygen atoms in total. The highest BCUT2D eigenvalue weighted by Crippen LogP contribution is 2.33. The summed E-state index contributed by atoms with van der Waals surface area (Å²) < 4.78 is 14.0. The Balaban J connectivity index is 2.17. The van der Waals surface area contributed by atoms with Gasteiger partial charge in [0.25, 0.3) is 0 Å². The molecule has 1 atom stereocenters. The molecule has 2 rings (SSSR count). The maximum atomic E-state index is 14.0. The van der Waals surface area contributed by atoms with Gasteiger partial charge in [0, 0.05) is 11.6 Å². The van der Waals surface area contributed by atoms with E-state index in [0.717, 1.165) is 12.8 Å². The average Bonchev–Trinajstić information content (AvgIpc) is 2.60. The highest BCUT2D eigenvalue weighted by molar-refractivity contribution is 5.27. The Hall–Kier alpha value is -0.890. The third-order valence-corrected chi connectivity index (χ3v) is 3.99. The molecular formula is C15H22FN. The number of rotatable bonds is 2. The summed E-state index contributed by atoms with van der Waals surface area (Å²) in [6, 6.07) is 5.42. The Bertz CT molecular complexity index is 367. The van der Waals surface area contributed by atoms with Gasteiger partial charge in [0.05, 0.1) is 0 Å². The van der Waals surface area contributed by atoms with Crippen LogP contribution in [-0.4, -0.2) is 0 Å². The second-order valence-electron chi connectivity index (χ2n) is 5.26. The molecule has 0 amide bonds. The van der Waals surface area contributed by atoms with Crippen molar-refractivity contribution in [1.82, 2.24) is 0 Å². The van der Waals surface area contributed by atoms with Crippen molar-refractivity contribution in [3.63, 3.8) is 0 Å². The van der Waals surface area contributed by atoms with Crippen molar-refractivity contribution in [1.29, 1.82) is 0 Å². The normalized spacial score (nSPS) is 19.9. The molecule has 1 saturated carbocycles. The maximum Gasteiger partial charge on any atom is 0.130 e. The van der Waals surface area contributed by atoms with Crippen LogP contribution in [0.5, 0.6) is 0 Å². The lowest BCUT2D eigenvalue weighted by Crippen LogP contribution is -2.22. The fourth-order valence-electron chi connectivity index (χ4n) is 2.85. The Kier molecular flexibility index (Phi) is 4.16. The summed E-state index contributed by atoms with van der Waals surface area (Å²) >= 11 is 0. The van der Waals surface area contributed by atoms with Crippen molar-refractivity contribution >= 4 is 0 Å². The molecule has 0 bridgehead atoms. The molecule has 0 aliphatic heterocycles. The van der Waals surface area contributed by atoms with Crippen LogP contribution in [0.4, 0.5) is 4.39 Å². The number of aryl methyl sites for hydroxylation is 1. The van der Waals surface area contributed by atoms with Crippen LogP contribution < -0.4 is 5.73 Å². The number of hydrogen-bond donors (Lipinski definition) is 1. The summed E-state index contributed by atoms with van der Waals surface area (Å²) in [5.74, 6) is 0.345. The molecular weight excluding hydrogens is 213 g/mol. The summed E-state index contributed by atoms with van der Waals surface area (Å²) in [6.07, 6.45) is 7.39. The second kappa shape index (κ2) is 5.63. The molecule has 0 radical (unpaired) electrons. The van der Waals surface area contributed by atoms with Gasteiger partial charge in [-0.05, 0) is 31.2 Å². The molecule has 1 aliphatic carbocycles. The monoisotopic (exact) mass is 235 g/mol. The molecule has 2 N–H and O–H groups in total. The summed E-state index contributed by atoms with van der Waals surface area (Å²) in [5.41, 5.74) is 7.67. The lowest BCUT2D eigenvalue weighted by Gasteiger charge is -2.23. The van der Waals surface area contributed by atoms with Crippen molar-refractivity contribution in [3.05, 3.63) is 35.1 Å². The van der Waals surface area contributed by atoms with Crippen LogP contribution >= 0.6 is 0 Å². The van der Waals surface area contributed by atoms with Crippen LogP contribution in [0.2, 0.25) is 0 Å². The van der Waals surface area contributed by atoms with E-state index in [4.69, 9.17) is 5.73 Å². The van der Waals surface area contributed by atoms with Gasteiger partial charge in [0.15, 0.2) is 0 Å². The van der Waals surface area contributed by atoms with Gasteiger partial charge in [-0.15, -0.1) is 0 Å². The fraction of sp³-hybridized carbons (Fsp3) is 0.600. The molecule has 17 heavy (non-hydrogen) atoms. The topological polar surface area (TPSA) is 26.0 Å². The van der Waals surface area contributed by atoms with E-state index in [1.54, 1.807) is 13.0 Å². The van der Waals surface area contributed by atoms with Gasteiger partial charge in [0.1, 0.15) is 5.82 Å². The Labute approximate surface area is 103 Å². The Morgan fingerprint density at radius 2 is 1.82 bits per heavy atom. The first-order valence-electron chi connectivity index (χ1n) is 6.70. The minimum absolute atomic E-state index is 0.107. The van der Waals surface area contributed by atoms with Crippen molar-refractivity contribution < 1.29 is 4.39 Å².